The molecule has 0 aliphatic carbocycles. The lowest BCUT2D eigenvalue weighted by Crippen LogP contribution is -1.87. The van der Waals surface area contributed by atoms with Crippen molar-refractivity contribution < 1.29 is 9.90 Å². The molecule has 0 saturated heterocycles. The van der Waals surface area contributed by atoms with E-state index in [1.54, 1.807) is 6.08 Å². The molecule has 2 aromatic carbocycles. The van der Waals surface area contributed by atoms with Crippen molar-refractivity contribution in [3.63, 3.8) is 0 Å². The number of carboxylic acid groups (broad SMARTS) is 1. The third-order valence-corrected chi connectivity index (χ3v) is 4.36. The van der Waals surface area contributed by atoms with Crippen LogP contribution in [-0.2, 0) is 10.5 Å². The molecule has 0 bridgehead atoms. The molecule has 0 aliphatic heterocycles. The van der Waals surface area contributed by atoms with Crippen molar-refractivity contribution >= 4 is 23.8 Å². The standard InChI is InChI=1S/C18H18O2S/c1-13-3-4-14(2)17(11-13)21-12-16-7-5-15(6-8-16)9-10-18(19)20/h3-11H,12H2,1-2H3,(H,19,20). The Bertz CT molecular complexity index is 657. The third kappa shape index (κ3) is 4.80. The van der Waals surface area contributed by atoms with Crippen LogP contribution >= 0.6 is 11.8 Å². The molecule has 0 fully saturated rings. The Morgan fingerprint density at radius 1 is 1.14 bits per heavy atom. The van der Waals surface area contributed by atoms with Gasteiger partial charge in [0.15, 0.2) is 0 Å². The summed E-state index contributed by atoms with van der Waals surface area (Å²) < 4.78 is 0. The zero-order valence-corrected chi connectivity index (χ0v) is 13.0. The van der Waals surface area contributed by atoms with Gasteiger partial charge in [-0.05, 0) is 42.7 Å². The lowest BCUT2D eigenvalue weighted by atomic mass is 10.1. The highest BCUT2D eigenvalue weighted by atomic mass is 32.2. The fourth-order valence-electron chi connectivity index (χ4n) is 1.92. The van der Waals surface area contributed by atoms with Crippen LogP contribution in [0.25, 0.3) is 6.08 Å². The molecule has 0 unspecified atom stereocenters. The Morgan fingerprint density at radius 2 is 1.86 bits per heavy atom. The van der Waals surface area contributed by atoms with Gasteiger partial charge in [0.1, 0.15) is 0 Å². The maximum Gasteiger partial charge on any atom is 0.328 e. The van der Waals surface area contributed by atoms with E-state index >= 15 is 0 Å². The van der Waals surface area contributed by atoms with E-state index in [-0.39, 0.29) is 0 Å². The molecule has 0 aromatic heterocycles. The minimum absolute atomic E-state index is 0.901. The molecular weight excluding hydrogens is 280 g/mol. The Morgan fingerprint density at radius 3 is 2.52 bits per heavy atom. The number of hydrogen-bond donors (Lipinski definition) is 1. The SMILES string of the molecule is Cc1ccc(C)c(SCc2ccc(C=CC(=O)O)cc2)c1. The molecule has 0 heterocycles. The number of aliphatic carboxylic acids is 1. The summed E-state index contributed by atoms with van der Waals surface area (Å²) in [4.78, 5) is 11.8. The van der Waals surface area contributed by atoms with Crippen LogP contribution in [0, 0.1) is 13.8 Å². The van der Waals surface area contributed by atoms with E-state index in [0.717, 1.165) is 17.4 Å². The van der Waals surface area contributed by atoms with Crippen LogP contribution in [0.5, 0.6) is 0 Å². The average Bonchev–Trinajstić information content (AvgIpc) is 2.47. The zero-order chi connectivity index (χ0) is 15.2. The number of carbonyl (C=O) groups is 1. The summed E-state index contributed by atoms with van der Waals surface area (Å²) in [7, 11) is 0. The van der Waals surface area contributed by atoms with Crippen LogP contribution in [0.15, 0.2) is 53.4 Å². The van der Waals surface area contributed by atoms with E-state index in [1.807, 2.05) is 36.0 Å². The molecule has 3 heteroatoms. The first-order valence-electron chi connectivity index (χ1n) is 6.74. The molecule has 1 N–H and O–H groups in total. The number of benzene rings is 2. The smallest absolute Gasteiger partial charge is 0.328 e. The Hall–Kier alpha value is -2.00. The van der Waals surface area contributed by atoms with Crippen molar-refractivity contribution in [2.24, 2.45) is 0 Å². The molecule has 2 rings (SSSR count). The molecule has 0 aliphatic rings. The van der Waals surface area contributed by atoms with Crippen LogP contribution in [0.2, 0.25) is 0 Å². The van der Waals surface area contributed by atoms with Gasteiger partial charge in [-0.1, -0.05) is 42.0 Å². The largest absolute Gasteiger partial charge is 0.478 e. The number of aryl methyl sites for hydroxylation is 2. The minimum Gasteiger partial charge on any atom is -0.478 e. The molecule has 0 amide bonds. The van der Waals surface area contributed by atoms with Crippen LogP contribution in [0.3, 0.4) is 0 Å². The van der Waals surface area contributed by atoms with Gasteiger partial charge in [0.05, 0.1) is 0 Å². The predicted octanol–water partition coefficient (Wildman–Crippen LogP) is 4.69. The van der Waals surface area contributed by atoms with Gasteiger partial charge in [-0.3, -0.25) is 0 Å². The Balaban J connectivity index is 2.00. The van der Waals surface area contributed by atoms with Crippen molar-refractivity contribution in [2.45, 2.75) is 24.5 Å². The van der Waals surface area contributed by atoms with Crippen LogP contribution in [0.4, 0.5) is 0 Å². The first-order valence-corrected chi connectivity index (χ1v) is 7.73. The second-order valence-corrected chi connectivity index (χ2v) is 5.99. The fourth-order valence-corrected chi connectivity index (χ4v) is 3.00. The molecule has 2 nitrogen and oxygen atoms in total. The topological polar surface area (TPSA) is 37.3 Å². The van der Waals surface area contributed by atoms with Gasteiger partial charge in [0, 0.05) is 16.7 Å². The van der Waals surface area contributed by atoms with Crippen LogP contribution in [0.1, 0.15) is 22.3 Å². The first-order chi connectivity index (χ1) is 10.0. The maximum absolute atomic E-state index is 10.5. The van der Waals surface area contributed by atoms with Gasteiger partial charge in [0.2, 0.25) is 0 Å². The van der Waals surface area contributed by atoms with Crippen molar-refractivity contribution in [2.75, 3.05) is 0 Å². The molecule has 0 radical (unpaired) electrons. The Kier molecular flexibility index (Phi) is 5.23. The summed E-state index contributed by atoms with van der Waals surface area (Å²) in [5, 5.41) is 8.60. The summed E-state index contributed by atoms with van der Waals surface area (Å²) in [5.74, 6) is -0.0164. The highest BCUT2D eigenvalue weighted by Crippen LogP contribution is 2.27. The molecular formula is C18H18O2S. The number of hydrogen-bond acceptors (Lipinski definition) is 2. The molecule has 0 saturated carbocycles. The van der Waals surface area contributed by atoms with Crippen molar-refractivity contribution in [1.29, 1.82) is 0 Å². The van der Waals surface area contributed by atoms with E-state index in [4.69, 9.17) is 5.11 Å². The van der Waals surface area contributed by atoms with E-state index in [9.17, 15) is 4.79 Å². The average molecular weight is 298 g/mol. The van der Waals surface area contributed by atoms with E-state index in [0.29, 0.717) is 0 Å². The second-order valence-electron chi connectivity index (χ2n) is 4.97. The van der Waals surface area contributed by atoms with Crippen molar-refractivity contribution in [3.05, 3.63) is 70.8 Å². The second kappa shape index (κ2) is 7.14. The molecule has 2 aromatic rings. The number of rotatable bonds is 5. The molecule has 0 atom stereocenters. The highest BCUT2D eigenvalue weighted by molar-refractivity contribution is 7.98. The molecule has 108 valence electrons. The molecule has 21 heavy (non-hydrogen) atoms. The quantitative estimate of drug-likeness (QED) is 0.642. The third-order valence-electron chi connectivity index (χ3n) is 3.14. The summed E-state index contributed by atoms with van der Waals surface area (Å²) >= 11 is 1.83. The summed E-state index contributed by atoms with van der Waals surface area (Å²) in [6, 6.07) is 14.5. The summed E-state index contributed by atoms with van der Waals surface area (Å²) in [5.41, 5.74) is 4.70. The zero-order valence-electron chi connectivity index (χ0n) is 12.2. The van der Waals surface area contributed by atoms with Gasteiger partial charge in [0.25, 0.3) is 0 Å². The first kappa shape index (κ1) is 15.4. The van der Waals surface area contributed by atoms with Crippen molar-refractivity contribution in [1.82, 2.24) is 0 Å². The summed E-state index contributed by atoms with van der Waals surface area (Å²) in [6.07, 6.45) is 2.75. The molecule has 0 spiro atoms. The van der Waals surface area contributed by atoms with Crippen LogP contribution in [-0.4, -0.2) is 11.1 Å². The van der Waals surface area contributed by atoms with Gasteiger partial charge in [-0.25, -0.2) is 4.79 Å². The van der Waals surface area contributed by atoms with Gasteiger partial charge >= 0.3 is 5.97 Å². The van der Waals surface area contributed by atoms with Gasteiger partial charge in [-0.15, -0.1) is 11.8 Å². The lowest BCUT2D eigenvalue weighted by molar-refractivity contribution is -0.131. The normalized spacial score (nSPS) is 11.0. The number of carboxylic acids is 1. The number of thioether (sulfide) groups is 1. The monoisotopic (exact) mass is 298 g/mol. The van der Waals surface area contributed by atoms with E-state index in [2.05, 4.69) is 32.0 Å². The fraction of sp³-hybridized carbons (Fsp3) is 0.167. The van der Waals surface area contributed by atoms with E-state index in [1.165, 1.54) is 21.6 Å². The van der Waals surface area contributed by atoms with Crippen molar-refractivity contribution in [3.8, 4) is 0 Å². The van der Waals surface area contributed by atoms with E-state index < -0.39 is 5.97 Å². The maximum atomic E-state index is 10.5. The van der Waals surface area contributed by atoms with Crippen LogP contribution < -0.4 is 0 Å². The predicted molar refractivity (Wildman–Crippen MR) is 88.6 cm³/mol. The lowest BCUT2D eigenvalue weighted by Gasteiger charge is -2.07. The van der Waals surface area contributed by atoms with Gasteiger partial charge in [-0.2, -0.15) is 0 Å². The highest BCUT2D eigenvalue weighted by Gasteiger charge is 2.01. The minimum atomic E-state index is -0.926. The Labute approximate surface area is 129 Å². The summed E-state index contributed by atoms with van der Waals surface area (Å²) in [6.45, 7) is 4.23. The van der Waals surface area contributed by atoms with Gasteiger partial charge < -0.3 is 5.11 Å².